The van der Waals surface area contributed by atoms with Crippen molar-refractivity contribution >= 4 is 32.8 Å². The smallest absolute Gasteiger partial charge is 0.290 e. The van der Waals surface area contributed by atoms with Gasteiger partial charge in [0.25, 0.3) is 5.91 Å². The fourth-order valence-corrected chi connectivity index (χ4v) is 4.53. The first-order valence-electron chi connectivity index (χ1n) is 9.34. The maximum atomic E-state index is 13.5. The number of fused-ring (bicyclic) bond motifs is 2. The monoisotopic (exact) mass is 473 g/mol. The molecule has 1 aliphatic rings. The average molecular weight is 474 g/mol. The molecule has 1 amide bonds. The second-order valence-electron chi connectivity index (χ2n) is 7.31. The second kappa shape index (κ2) is 7.45. The molecule has 1 atom stereocenters. The summed E-state index contributed by atoms with van der Waals surface area (Å²) in [4.78, 5) is 28.1. The van der Waals surface area contributed by atoms with E-state index in [1.165, 1.54) is 12.0 Å². The van der Waals surface area contributed by atoms with Crippen molar-refractivity contribution in [1.29, 1.82) is 0 Å². The van der Waals surface area contributed by atoms with Gasteiger partial charge in [-0.25, -0.2) is 0 Å². The number of ether oxygens (including phenoxy) is 1. The van der Waals surface area contributed by atoms with Crippen LogP contribution in [0.5, 0.6) is 11.5 Å². The third-order valence-corrected chi connectivity index (χ3v) is 5.93. The van der Waals surface area contributed by atoms with Crippen LogP contribution in [-0.4, -0.2) is 41.3 Å². The molecule has 1 aliphatic heterocycles. The van der Waals surface area contributed by atoms with E-state index in [9.17, 15) is 19.8 Å². The minimum absolute atomic E-state index is 0.0162. The van der Waals surface area contributed by atoms with Crippen molar-refractivity contribution in [2.75, 3.05) is 20.3 Å². The summed E-state index contributed by atoms with van der Waals surface area (Å²) in [6.07, 6.45) is 0. The Balaban J connectivity index is 2.05. The number of phenolic OH excluding ortho intramolecular Hbond substituents is 1. The number of aromatic hydroxyl groups is 1. The van der Waals surface area contributed by atoms with E-state index in [2.05, 4.69) is 15.9 Å². The van der Waals surface area contributed by atoms with Gasteiger partial charge in [-0.3, -0.25) is 9.59 Å². The molecule has 2 N–H and O–H groups in total. The quantitative estimate of drug-likeness (QED) is 0.601. The highest BCUT2D eigenvalue weighted by atomic mass is 79.9. The number of aliphatic hydroxyl groups excluding tert-OH is 1. The van der Waals surface area contributed by atoms with Crippen LogP contribution in [0.25, 0.3) is 11.0 Å². The summed E-state index contributed by atoms with van der Waals surface area (Å²) >= 11 is 3.29. The van der Waals surface area contributed by atoms with Crippen molar-refractivity contribution in [3.63, 3.8) is 0 Å². The van der Waals surface area contributed by atoms with Gasteiger partial charge in [-0.1, -0.05) is 6.07 Å². The van der Waals surface area contributed by atoms with Crippen LogP contribution in [0.2, 0.25) is 0 Å². The fourth-order valence-electron chi connectivity index (χ4n) is 4.07. The van der Waals surface area contributed by atoms with Gasteiger partial charge < -0.3 is 24.3 Å². The number of β-amino-alcohol motifs (C(OH)–C–C–N with tert-alkyl or cyclic N) is 1. The summed E-state index contributed by atoms with van der Waals surface area (Å²) < 4.78 is 11.6. The molecule has 0 fully saturated rings. The van der Waals surface area contributed by atoms with Crippen LogP contribution in [0, 0.1) is 13.8 Å². The maximum absolute atomic E-state index is 13.5. The van der Waals surface area contributed by atoms with Crippen molar-refractivity contribution in [3.05, 3.63) is 67.0 Å². The minimum Gasteiger partial charge on any atom is -0.503 e. The molecule has 8 heteroatoms. The third kappa shape index (κ3) is 2.98. The Kier molecular flexibility index (Phi) is 5.07. The molecule has 1 unspecified atom stereocenters. The van der Waals surface area contributed by atoms with Gasteiger partial charge in [0, 0.05) is 6.54 Å². The van der Waals surface area contributed by atoms with Crippen LogP contribution in [0.4, 0.5) is 0 Å². The zero-order chi connectivity index (χ0) is 21.7. The summed E-state index contributed by atoms with van der Waals surface area (Å²) in [5.74, 6) is -0.385. The number of carbonyl (C=O) groups excluding carboxylic acids is 1. The first-order chi connectivity index (χ1) is 14.3. The van der Waals surface area contributed by atoms with Crippen molar-refractivity contribution < 1.29 is 24.2 Å². The highest BCUT2D eigenvalue weighted by Crippen LogP contribution is 2.43. The summed E-state index contributed by atoms with van der Waals surface area (Å²) in [5.41, 5.74) is 2.53. The van der Waals surface area contributed by atoms with E-state index < -0.39 is 11.9 Å². The lowest BCUT2D eigenvalue weighted by Gasteiger charge is -2.25. The van der Waals surface area contributed by atoms with Crippen molar-refractivity contribution in [2.24, 2.45) is 0 Å². The summed E-state index contributed by atoms with van der Waals surface area (Å²) in [6.45, 7) is 3.46. The first kappa shape index (κ1) is 20.4. The molecule has 0 aliphatic carbocycles. The van der Waals surface area contributed by atoms with Gasteiger partial charge in [0.15, 0.2) is 16.9 Å². The number of methoxy groups -OCH3 is 1. The Morgan fingerprint density at radius 1 is 1.20 bits per heavy atom. The predicted octanol–water partition coefficient (Wildman–Crippen LogP) is 3.42. The number of hydrogen-bond donors (Lipinski definition) is 2. The number of rotatable bonds is 4. The van der Waals surface area contributed by atoms with Crippen LogP contribution in [-0.2, 0) is 0 Å². The Labute approximate surface area is 180 Å². The van der Waals surface area contributed by atoms with Gasteiger partial charge in [0.05, 0.1) is 35.2 Å². The fraction of sp³-hybridized carbons (Fsp3) is 0.273. The van der Waals surface area contributed by atoms with E-state index in [4.69, 9.17) is 9.15 Å². The molecule has 2 heterocycles. The van der Waals surface area contributed by atoms with Gasteiger partial charge in [0.1, 0.15) is 5.58 Å². The Hall–Kier alpha value is -2.84. The molecule has 30 heavy (non-hydrogen) atoms. The number of hydrogen-bond acceptors (Lipinski definition) is 6. The number of nitrogens with zero attached hydrogens (tertiary/aromatic N) is 1. The number of phenols is 1. The number of benzene rings is 2. The molecule has 0 saturated heterocycles. The second-order valence-corrected chi connectivity index (χ2v) is 8.17. The topological polar surface area (TPSA) is 100 Å². The molecule has 0 radical (unpaired) electrons. The third-order valence-electron chi connectivity index (χ3n) is 5.32. The van der Waals surface area contributed by atoms with E-state index in [0.29, 0.717) is 21.0 Å². The Morgan fingerprint density at radius 3 is 2.60 bits per heavy atom. The first-order valence-corrected chi connectivity index (χ1v) is 10.1. The van der Waals surface area contributed by atoms with Crippen LogP contribution in [0.3, 0.4) is 0 Å². The minimum atomic E-state index is -0.785. The molecule has 0 saturated carbocycles. The van der Waals surface area contributed by atoms with Crippen LogP contribution >= 0.6 is 15.9 Å². The molecular weight excluding hydrogens is 454 g/mol. The van der Waals surface area contributed by atoms with Gasteiger partial charge in [-0.05, 0) is 64.7 Å². The predicted molar refractivity (Wildman–Crippen MR) is 114 cm³/mol. The maximum Gasteiger partial charge on any atom is 0.290 e. The standard InChI is InChI=1S/C22H20BrNO6/c1-10-6-11(2)20-13(7-10)18(26)16-17(24(4-5-25)22(28)21(16)30-20)12-8-14(23)19(27)15(9-12)29-3/h6-9,17,25,27H,4-5H2,1-3H3. The van der Waals surface area contributed by atoms with Crippen LogP contribution in [0.1, 0.15) is 38.9 Å². The van der Waals surface area contributed by atoms with Crippen molar-refractivity contribution in [2.45, 2.75) is 19.9 Å². The van der Waals surface area contributed by atoms with Gasteiger partial charge in [-0.2, -0.15) is 0 Å². The van der Waals surface area contributed by atoms with Crippen molar-refractivity contribution in [3.8, 4) is 11.5 Å². The number of halogens is 1. The average Bonchev–Trinajstić information content (AvgIpc) is 2.98. The summed E-state index contributed by atoms with van der Waals surface area (Å²) in [5, 5.41) is 20.1. The number of aliphatic hydroxyl groups is 1. The van der Waals surface area contributed by atoms with Crippen LogP contribution in [0.15, 0.2) is 37.9 Å². The zero-order valence-electron chi connectivity index (χ0n) is 16.7. The molecule has 0 bridgehead atoms. The lowest BCUT2D eigenvalue weighted by atomic mass is 9.97. The molecule has 0 spiro atoms. The van der Waals surface area contributed by atoms with Gasteiger partial charge in [0.2, 0.25) is 5.76 Å². The number of carbonyl (C=O) groups is 1. The van der Waals surface area contributed by atoms with Crippen molar-refractivity contribution in [1.82, 2.24) is 4.90 Å². The lowest BCUT2D eigenvalue weighted by Crippen LogP contribution is -2.32. The normalized spacial score (nSPS) is 15.7. The number of aryl methyl sites for hydroxylation is 2. The highest BCUT2D eigenvalue weighted by Gasteiger charge is 2.43. The van der Waals surface area contributed by atoms with E-state index in [-0.39, 0.29) is 41.4 Å². The number of amides is 1. The van der Waals surface area contributed by atoms with Gasteiger partial charge >= 0.3 is 0 Å². The van der Waals surface area contributed by atoms with Gasteiger partial charge in [-0.15, -0.1) is 0 Å². The van der Waals surface area contributed by atoms with E-state index in [1.54, 1.807) is 18.2 Å². The van der Waals surface area contributed by atoms with Crippen LogP contribution < -0.4 is 10.2 Å². The summed E-state index contributed by atoms with van der Waals surface area (Å²) in [7, 11) is 1.41. The van der Waals surface area contributed by atoms with E-state index >= 15 is 0 Å². The molecule has 3 aromatic rings. The largest absolute Gasteiger partial charge is 0.503 e. The van der Waals surface area contributed by atoms with E-state index in [1.807, 2.05) is 19.9 Å². The Morgan fingerprint density at radius 2 is 1.93 bits per heavy atom. The summed E-state index contributed by atoms with van der Waals surface area (Å²) in [6, 6.07) is 6.05. The molecule has 2 aromatic carbocycles. The lowest BCUT2D eigenvalue weighted by molar-refractivity contribution is 0.0691. The zero-order valence-corrected chi connectivity index (χ0v) is 18.2. The molecule has 7 nitrogen and oxygen atoms in total. The SMILES string of the molecule is COc1cc(C2c3c(oc4c(C)cc(C)cc4c3=O)C(=O)N2CCO)cc(Br)c1O. The molecular formula is C22H20BrNO6. The Bertz CT molecular complexity index is 1250. The molecule has 156 valence electrons. The molecule has 4 rings (SSSR count). The highest BCUT2D eigenvalue weighted by molar-refractivity contribution is 9.10. The van der Waals surface area contributed by atoms with E-state index in [0.717, 1.165) is 11.1 Å². The molecule has 1 aromatic heterocycles.